The van der Waals surface area contributed by atoms with Gasteiger partial charge in [0.2, 0.25) is 0 Å². The zero-order valence-corrected chi connectivity index (χ0v) is 56.3. The summed E-state index contributed by atoms with van der Waals surface area (Å²) in [4.78, 5) is 72.3. The fraction of sp³-hybridized carbons (Fsp3) is 0.879. The monoisotopic (exact) mass is 1250 g/mol. The van der Waals surface area contributed by atoms with Gasteiger partial charge in [0.15, 0.2) is 12.2 Å². The number of carbonyl (C=O) groups is 4. The first kappa shape index (κ1) is 82.5. The van der Waals surface area contributed by atoms with Crippen LogP contribution in [0.3, 0.4) is 0 Å². The van der Waals surface area contributed by atoms with Crippen LogP contribution in [0.1, 0.15) is 299 Å². The first-order valence-electron chi connectivity index (χ1n) is 33.7. The van der Waals surface area contributed by atoms with Gasteiger partial charge in [-0.2, -0.15) is 0 Å². The molecule has 0 radical (unpaired) electrons. The number of phosphoric ester groups is 2. The highest BCUT2D eigenvalue weighted by molar-refractivity contribution is 7.47. The second-order valence-electron chi connectivity index (χ2n) is 24.1. The molecule has 0 bridgehead atoms. The van der Waals surface area contributed by atoms with Crippen molar-refractivity contribution in [2.45, 2.75) is 317 Å². The molecule has 0 spiro atoms. The van der Waals surface area contributed by atoms with Crippen molar-refractivity contribution in [2.75, 3.05) is 39.6 Å². The van der Waals surface area contributed by atoms with E-state index in [1.54, 1.807) is 0 Å². The Bertz CT molecular complexity index is 1780. The molecule has 4 unspecified atom stereocenters. The molecule has 0 rings (SSSR count). The average Bonchev–Trinajstić information content (AvgIpc) is 3.61. The Hall–Kier alpha value is -2.46. The summed E-state index contributed by atoms with van der Waals surface area (Å²) < 4.78 is 68.0. The van der Waals surface area contributed by atoms with E-state index in [0.29, 0.717) is 31.6 Å². The molecule has 17 nitrogen and oxygen atoms in total. The van der Waals surface area contributed by atoms with E-state index < -0.39 is 97.5 Å². The number of rotatable bonds is 62. The Kier molecular flexibility index (Phi) is 55.1. The van der Waals surface area contributed by atoms with Crippen molar-refractivity contribution in [2.24, 2.45) is 17.8 Å². The Morgan fingerprint density at radius 2 is 0.694 bits per heavy atom. The van der Waals surface area contributed by atoms with E-state index >= 15 is 0 Å². The first-order valence-corrected chi connectivity index (χ1v) is 36.7. The van der Waals surface area contributed by atoms with Crippen molar-refractivity contribution in [1.82, 2.24) is 0 Å². The highest BCUT2D eigenvalue weighted by atomic mass is 31.2. The van der Waals surface area contributed by atoms with Gasteiger partial charge in [-0.25, -0.2) is 9.13 Å². The lowest BCUT2D eigenvalue weighted by molar-refractivity contribution is -0.161. The van der Waals surface area contributed by atoms with Crippen molar-refractivity contribution >= 4 is 39.5 Å². The van der Waals surface area contributed by atoms with Crippen LogP contribution >= 0.6 is 15.6 Å². The van der Waals surface area contributed by atoms with E-state index in [4.69, 9.17) is 37.0 Å². The van der Waals surface area contributed by atoms with E-state index in [-0.39, 0.29) is 25.7 Å². The predicted octanol–water partition coefficient (Wildman–Crippen LogP) is 17.8. The van der Waals surface area contributed by atoms with Gasteiger partial charge < -0.3 is 33.8 Å². The molecule has 3 N–H and O–H groups in total. The van der Waals surface area contributed by atoms with E-state index in [2.05, 4.69) is 72.8 Å². The third-order valence-corrected chi connectivity index (χ3v) is 17.1. The Morgan fingerprint density at radius 1 is 0.388 bits per heavy atom. The maximum Gasteiger partial charge on any atom is 0.472 e. The summed E-state index contributed by atoms with van der Waals surface area (Å²) in [5.74, 6) is -0.0193. The molecule has 0 aromatic rings. The lowest BCUT2D eigenvalue weighted by Gasteiger charge is -2.21. The van der Waals surface area contributed by atoms with Gasteiger partial charge in [0.25, 0.3) is 0 Å². The Morgan fingerprint density at radius 3 is 1.05 bits per heavy atom. The van der Waals surface area contributed by atoms with E-state index in [1.165, 1.54) is 83.5 Å². The van der Waals surface area contributed by atoms with Gasteiger partial charge in [-0.05, 0) is 69.1 Å². The lowest BCUT2D eigenvalue weighted by Crippen LogP contribution is -2.30. The Labute approximate surface area is 516 Å². The molecular weight excluding hydrogens is 1130 g/mol. The van der Waals surface area contributed by atoms with Gasteiger partial charge in [0.1, 0.15) is 19.3 Å². The highest BCUT2D eigenvalue weighted by Crippen LogP contribution is 2.45. The van der Waals surface area contributed by atoms with Crippen LogP contribution in [0.25, 0.3) is 0 Å². The molecule has 19 heteroatoms. The van der Waals surface area contributed by atoms with Gasteiger partial charge in [-0.3, -0.25) is 37.3 Å². The summed E-state index contributed by atoms with van der Waals surface area (Å²) in [6, 6.07) is 0. The first-order chi connectivity index (χ1) is 40.8. The molecule has 0 aliphatic carbocycles. The fourth-order valence-electron chi connectivity index (χ4n) is 9.23. The number of hydrogen-bond donors (Lipinski definition) is 3. The number of aliphatic hydroxyl groups excluding tert-OH is 1. The minimum absolute atomic E-state index is 0.0833. The maximum absolute atomic E-state index is 13.0. The van der Waals surface area contributed by atoms with Crippen molar-refractivity contribution in [1.29, 1.82) is 0 Å². The van der Waals surface area contributed by atoms with Gasteiger partial charge in [0.05, 0.1) is 26.4 Å². The molecule has 0 saturated carbocycles. The van der Waals surface area contributed by atoms with Crippen LogP contribution in [0.5, 0.6) is 0 Å². The topological polar surface area (TPSA) is 237 Å². The SMILES string of the molecule is CCCCCC/C=C\C=C/CCCCCCCC(=O)O[C@H](COC(=O)CCCCCCCCC(C)CC)COP(=O)(O)OC[C@H](O)COP(=O)(O)OC[C@@H](COC(=O)CCCCCCCCCC(C)C)OC(=O)CCCCCCCCC(C)CC. The van der Waals surface area contributed by atoms with Crippen molar-refractivity contribution < 1.29 is 80.2 Å². The molecule has 0 aromatic heterocycles. The summed E-state index contributed by atoms with van der Waals surface area (Å²) in [5, 5.41) is 10.5. The standard InChI is InChI=1S/C66H124O17P2/c1-8-11-12-13-14-15-16-17-18-19-20-21-24-35-42-49-65(70)82-61(54-77-64(69)48-41-34-28-26-31-38-45-58(6)9-2)55-80-84(72,73)78-51-60(67)52-79-85(74,75)81-56-62(83-66(71)50-43-36-29-27-32-39-46-59(7)10-3)53-76-63(68)47-40-33-25-22-23-30-37-44-57(4)5/h15-18,57-62,67H,8-14,19-56H2,1-7H3,(H,72,73)(H,74,75)/b16-15-,18-17-/t58?,59?,60-,61+,62+/m0/s1. The smallest absolute Gasteiger partial charge is 0.462 e. The number of aliphatic hydroxyl groups is 1. The van der Waals surface area contributed by atoms with Gasteiger partial charge in [-0.1, -0.05) is 246 Å². The lowest BCUT2D eigenvalue weighted by atomic mass is 10.00. The maximum atomic E-state index is 13.0. The molecule has 0 heterocycles. The Balaban J connectivity index is 5.29. The average molecular weight is 1250 g/mol. The number of unbranched alkanes of at least 4 members (excludes halogenated alkanes) is 25. The molecule has 0 aliphatic heterocycles. The minimum atomic E-state index is -4.96. The van der Waals surface area contributed by atoms with Crippen LogP contribution in [0, 0.1) is 17.8 Å². The number of allylic oxidation sites excluding steroid dienone is 4. The van der Waals surface area contributed by atoms with Gasteiger partial charge >= 0.3 is 39.5 Å². The molecular formula is C66H124O17P2. The predicted molar refractivity (Wildman–Crippen MR) is 340 cm³/mol. The number of phosphoric acid groups is 2. The largest absolute Gasteiger partial charge is 0.472 e. The van der Waals surface area contributed by atoms with Crippen molar-refractivity contribution in [3.63, 3.8) is 0 Å². The van der Waals surface area contributed by atoms with Crippen molar-refractivity contribution in [3.8, 4) is 0 Å². The zero-order chi connectivity index (χ0) is 63.1. The fourth-order valence-corrected chi connectivity index (χ4v) is 10.8. The van der Waals surface area contributed by atoms with Crippen LogP contribution in [-0.2, 0) is 65.4 Å². The quantitative estimate of drug-likeness (QED) is 0.0169. The van der Waals surface area contributed by atoms with Crippen LogP contribution in [-0.4, -0.2) is 96.7 Å². The van der Waals surface area contributed by atoms with Gasteiger partial charge in [0, 0.05) is 25.7 Å². The minimum Gasteiger partial charge on any atom is -0.462 e. The third kappa shape index (κ3) is 57.7. The molecule has 500 valence electrons. The molecule has 0 saturated heterocycles. The summed E-state index contributed by atoms with van der Waals surface area (Å²) in [6.07, 6.45) is 41.3. The second-order valence-corrected chi connectivity index (χ2v) is 27.0. The normalized spacial score (nSPS) is 15.1. The number of ether oxygens (including phenoxy) is 4. The van der Waals surface area contributed by atoms with E-state index in [1.807, 2.05) is 0 Å². The van der Waals surface area contributed by atoms with Gasteiger partial charge in [-0.15, -0.1) is 0 Å². The molecule has 0 fully saturated rings. The highest BCUT2D eigenvalue weighted by Gasteiger charge is 2.30. The van der Waals surface area contributed by atoms with Crippen LogP contribution in [0.4, 0.5) is 0 Å². The van der Waals surface area contributed by atoms with Crippen molar-refractivity contribution in [3.05, 3.63) is 24.3 Å². The van der Waals surface area contributed by atoms with E-state index in [9.17, 15) is 43.2 Å². The molecule has 85 heavy (non-hydrogen) atoms. The summed E-state index contributed by atoms with van der Waals surface area (Å²) >= 11 is 0. The summed E-state index contributed by atoms with van der Waals surface area (Å²) in [6.45, 7) is 11.6. The number of hydrogen-bond acceptors (Lipinski definition) is 15. The van der Waals surface area contributed by atoms with Crippen LogP contribution in [0.15, 0.2) is 24.3 Å². The molecule has 0 amide bonds. The molecule has 7 atom stereocenters. The summed E-state index contributed by atoms with van der Waals surface area (Å²) in [7, 11) is -9.91. The second kappa shape index (κ2) is 56.8. The number of esters is 4. The molecule has 0 aliphatic rings. The van der Waals surface area contributed by atoms with E-state index in [0.717, 1.165) is 127 Å². The zero-order valence-electron chi connectivity index (χ0n) is 54.5. The van der Waals surface area contributed by atoms with Crippen LogP contribution < -0.4 is 0 Å². The summed E-state index contributed by atoms with van der Waals surface area (Å²) in [5.41, 5.74) is 0. The molecule has 0 aromatic carbocycles. The third-order valence-electron chi connectivity index (χ3n) is 15.2. The number of carbonyl (C=O) groups excluding carboxylic acids is 4. The van der Waals surface area contributed by atoms with Crippen LogP contribution in [0.2, 0.25) is 0 Å².